The first-order valence-electron chi connectivity index (χ1n) is 10.1. The van der Waals surface area contributed by atoms with Gasteiger partial charge in [-0.3, -0.25) is 4.98 Å². The molecule has 0 spiro atoms. The number of nitrogens with one attached hydrogen (secondary N) is 1. The molecule has 2 N–H and O–H groups in total. The van der Waals surface area contributed by atoms with Crippen LogP contribution in [0.3, 0.4) is 0 Å². The maximum absolute atomic E-state index is 14.9. The van der Waals surface area contributed by atoms with Gasteiger partial charge in [-0.2, -0.15) is 26.6 Å². The molecule has 0 bridgehead atoms. The van der Waals surface area contributed by atoms with Gasteiger partial charge in [0.1, 0.15) is 11.6 Å². The summed E-state index contributed by atoms with van der Waals surface area (Å²) in [5.74, 6) is -1.35. The SMILES string of the molecule is CC(O)c1cc(NC(=O)N2CCC(C(F)(F)N(C)SOc3cccc(F)c3)CC2)ccn1.S. The minimum absolute atomic E-state index is 0. The Hall–Kier alpha value is -2.15. The van der Waals surface area contributed by atoms with Crippen LogP contribution in [-0.4, -0.2) is 51.5 Å². The summed E-state index contributed by atoms with van der Waals surface area (Å²) in [7, 11) is 1.21. The van der Waals surface area contributed by atoms with Crippen LogP contribution in [0.4, 0.5) is 23.7 Å². The Bertz CT molecular complexity index is 931. The van der Waals surface area contributed by atoms with Crippen molar-refractivity contribution in [2.75, 3.05) is 25.5 Å². The summed E-state index contributed by atoms with van der Waals surface area (Å²) in [6, 6.07) is 4.84. The molecule has 1 aliphatic rings. The fraction of sp³-hybridized carbons (Fsp3) is 0.429. The van der Waals surface area contributed by atoms with Crippen LogP contribution in [0, 0.1) is 11.7 Å². The van der Waals surface area contributed by atoms with Crippen molar-refractivity contribution < 1.29 is 27.3 Å². The fourth-order valence-electron chi connectivity index (χ4n) is 3.31. The van der Waals surface area contributed by atoms with Crippen LogP contribution < -0.4 is 9.50 Å². The van der Waals surface area contributed by atoms with E-state index in [-0.39, 0.29) is 45.2 Å². The van der Waals surface area contributed by atoms with E-state index in [9.17, 15) is 23.1 Å². The van der Waals surface area contributed by atoms with Crippen LogP contribution in [0.15, 0.2) is 42.6 Å². The molecule has 1 fully saturated rings. The number of carbonyl (C=O) groups is 1. The van der Waals surface area contributed by atoms with Gasteiger partial charge >= 0.3 is 12.1 Å². The van der Waals surface area contributed by atoms with Crippen molar-refractivity contribution in [2.45, 2.75) is 31.9 Å². The molecule has 12 heteroatoms. The number of amides is 2. The standard InChI is InChI=1S/C21H25F3N4O3S.H2S/c1-14(29)19-13-17(6-9-25-19)26-20(30)28-10-7-15(8-11-28)21(23,24)27(2)32-31-18-5-3-4-16(22)12-18;/h3-6,9,12-15,29H,7-8,10-11H2,1-2H3,(H,25,26,30);1H2. The van der Waals surface area contributed by atoms with Crippen molar-refractivity contribution >= 4 is 37.4 Å². The molecule has 3 rings (SSSR count). The number of carbonyl (C=O) groups excluding carboxylic acids is 1. The van der Waals surface area contributed by atoms with Gasteiger partial charge in [-0.25, -0.2) is 9.18 Å². The van der Waals surface area contributed by atoms with E-state index in [0.29, 0.717) is 27.9 Å². The van der Waals surface area contributed by atoms with E-state index < -0.39 is 29.9 Å². The fourth-order valence-corrected chi connectivity index (χ4v) is 3.86. The number of aliphatic hydroxyl groups excluding tert-OH is 1. The minimum Gasteiger partial charge on any atom is -0.409 e. The zero-order valence-corrected chi connectivity index (χ0v) is 20.0. The number of hydrogen-bond acceptors (Lipinski definition) is 6. The van der Waals surface area contributed by atoms with Crippen LogP contribution in [0.1, 0.15) is 31.6 Å². The maximum Gasteiger partial charge on any atom is 0.321 e. The minimum atomic E-state index is -3.18. The molecule has 0 aliphatic carbocycles. The van der Waals surface area contributed by atoms with E-state index in [1.54, 1.807) is 19.1 Å². The molecule has 33 heavy (non-hydrogen) atoms. The second-order valence-corrected chi connectivity index (χ2v) is 8.40. The lowest BCUT2D eigenvalue weighted by molar-refractivity contribution is -0.147. The lowest BCUT2D eigenvalue weighted by Gasteiger charge is -2.38. The highest BCUT2D eigenvalue weighted by atomic mass is 32.2. The van der Waals surface area contributed by atoms with E-state index in [2.05, 4.69) is 10.3 Å². The number of piperidine rings is 1. The third-order valence-corrected chi connectivity index (χ3v) is 5.93. The molecular weight excluding hydrogens is 477 g/mol. The predicted molar refractivity (Wildman–Crippen MR) is 126 cm³/mol. The van der Waals surface area contributed by atoms with Crippen LogP contribution in [0.5, 0.6) is 5.75 Å². The number of aromatic nitrogens is 1. The van der Waals surface area contributed by atoms with Gasteiger partial charge in [0.05, 0.1) is 11.8 Å². The molecule has 7 nitrogen and oxygen atoms in total. The van der Waals surface area contributed by atoms with Crippen LogP contribution in [0.25, 0.3) is 0 Å². The van der Waals surface area contributed by atoms with Gasteiger partial charge in [0, 0.05) is 44.0 Å². The number of likely N-dealkylation sites (tertiary alicyclic amines) is 1. The first-order chi connectivity index (χ1) is 15.2. The van der Waals surface area contributed by atoms with E-state index in [1.165, 1.54) is 36.3 Å². The molecule has 2 aromatic rings. The van der Waals surface area contributed by atoms with Crippen LogP contribution in [0.2, 0.25) is 0 Å². The quantitative estimate of drug-likeness (QED) is 0.321. The number of urea groups is 1. The lowest BCUT2D eigenvalue weighted by atomic mass is 9.94. The van der Waals surface area contributed by atoms with Crippen molar-refractivity contribution in [3.05, 3.63) is 54.1 Å². The molecule has 1 atom stereocenters. The summed E-state index contributed by atoms with van der Waals surface area (Å²) in [5, 5.41) is 12.3. The molecule has 182 valence electrons. The van der Waals surface area contributed by atoms with E-state index in [0.717, 1.165) is 6.07 Å². The summed E-state index contributed by atoms with van der Waals surface area (Å²) < 4.78 is 48.9. The monoisotopic (exact) mass is 504 g/mol. The smallest absolute Gasteiger partial charge is 0.321 e. The van der Waals surface area contributed by atoms with Gasteiger partial charge in [-0.1, -0.05) is 6.07 Å². The number of benzene rings is 1. The molecule has 1 aromatic carbocycles. The van der Waals surface area contributed by atoms with E-state index in [4.69, 9.17) is 4.18 Å². The van der Waals surface area contributed by atoms with Gasteiger partial charge in [-0.05, 0) is 44.0 Å². The molecule has 0 saturated carbocycles. The Morgan fingerprint density at radius 1 is 1.33 bits per heavy atom. The predicted octanol–water partition coefficient (Wildman–Crippen LogP) is 4.80. The third-order valence-electron chi connectivity index (χ3n) is 5.19. The first-order valence-corrected chi connectivity index (χ1v) is 10.8. The zero-order valence-electron chi connectivity index (χ0n) is 18.2. The Kier molecular flexibility index (Phi) is 9.70. The Balaban J connectivity index is 0.00000385. The number of nitrogens with zero attached hydrogens (tertiary/aromatic N) is 3. The maximum atomic E-state index is 14.9. The number of hydrogen-bond donors (Lipinski definition) is 2. The lowest BCUT2D eigenvalue weighted by Crippen LogP contribution is -2.49. The Morgan fingerprint density at radius 2 is 2.03 bits per heavy atom. The molecule has 1 aliphatic heterocycles. The van der Waals surface area contributed by atoms with Gasteiger partial charge in [0.2, 0.25) is 0 Å². The summed E-state index contributed by atoms with van der Waals surface area (Å²) in [4.78, 5) is 18.0. The summed E-state index contributed by atoms with van der Waals surface area (Å²) in [6.45, 7) is 1.91. The highest BCUT2D eigenvalue weighted by Crippen LogP contribution is 2.39. The van der Waals surface area contributed by atoms with Gasteiger partial charge in [0.25, 0.3) is 0 Å². The summed E-state index contributed by atoms with van der Waals surface area (Å²) in [5.41, 5.74) is 0.890. The average molecular weight is 505 g/mol. The number of halogens is 3. The molecular formula is C21H27F3N4O3S2. The van der Waals surface area contributed by atoms with Crippen molar-refractivity contribution in [3.8, 4) is 5.75 Å². The molecule has 2 heterocycles. The van der Waals surface area contributed by atoms with Gasteiger partial charge in [0.15, 0.2) is 12.2 Å². The molecule has 1 saturated heterocycles. The zero-order chi connectivity index (χ0) is 23.3. The van der Waals surface area contributed by atoms with Gasteiger partial charge < -0.3 is 19.5 Å². The second-order valence-electron chi connectivity index (χ2n) is 7.54. The number of alkyl halides is 2. The molecule has 1 unspecified atom stereocenters. The Morgan fingerprint density at radius 3 is 2.67 bits per heavy atom. The van der Waals surface area contributed by atoms with E-state index >= 15 is 0 Å². The highest BCUT2D eigenvalue weighted by molar-refractivity contribution is 7.92. The highest BCUT2D eigenvalue weighted by Gasteiger charge is 2.46. The van der Waals surface area contributed by atoms with Crippen molar-refractivity contribution in [1.82, 2.24) is 14.2 Å². The number of rotatable bonds is 7. The summed E-state index contributed by atoms with van der Waals surface area (Å²) in [6.07, 6.45) is 0.926. The van der Waals surface area contributed by atoms with Crippen LogP contribution in [-0.2, 0) is 0 Å². The second kappa shape index (κ2) is 11.8. The third kappa shape index (κ3) is 7.16. The largest absolute Gasteiger partial charge is 0.409 e. The van der Waals surface area contributed by atoms with Crippen molar-refractivity contribution in [3.63, 3.8) is 0 Å². The Labute approximate surface area is 202 Å². The topological polar surface area (TPSA) is 77.9 Å². The van der Waals surface area contributed by atoms with Gasteiger partial charge in [-0.15, -0.1) is 0 Å². The number of aliphatic hydroxyl groups is 1. The number of anilines is 1. The molecule has 2 amide bonds. The van der Waals surface area contributed by atoms with Crippen LogP contribution >= 0.6 is 25.7 Å². The normalized spacial score (nSPS) is 15.7. The molecule has 0 radical (unpaired) electrons. The van der Waals surface area contributed by atoms with Crippen molar-refractivity contribution in [1.29, 1.82) is 0 Å². The average Bonchev–Trinajstić information content (AvgIpc) is 2.77. The molecule has 1 aromatic heterocycles. The number of pyridine rings is 1. The first kappa shape index (κ1) is 27.1. The van der Waals surface area contributed by atoms with E-state index in [1.807, 2.05) is 0 Å². The van der Waals surface area contributed by atoms with Crippen molar-refractivity contribution in [2.24, 2.45) is 5.92 Å². The summed E-state index contributed by atoms with van der Waals surface area (Å²) >= 11 is 0.449.